The number of halogens is 3. The van der Waals surface area contributed by atoms with Gasteiger partial charge in [-0.15, -0.1) is 5.10 Å². The molecular formula is C30H38F3N5O4SSi. The van der Waals surface area contributed by atoms with Gasteiger partial charge in [0.2, 0.25) is 5.88 Å². The number of rotatable bonds is 10. The van der Waals surface area contributed by atoms with Crippen LogP contribution in [-0.2, 0) is 10.0 Å². The lowest BCUT2D eigenvalue weighted by Crippen LogP contribution is -2.59. The lowest BCUT2D eigenvalue weighted by atomic mass is 10.1. The maximum atomic E-state index is 13.6. The molecule has 1 aromatic carbocycles. The van der Waals surface area contributed by atoms with Gasteiger partial charge < -0.3 is 9.64 Å². The molecule has 1 amide bonds. The van der Waals surface area contributed by atoms with E-state index in [-0.39, 0.29) is 40.9 Å². The van der Waals surface area contributed by atoms with Crippen molar-refractivity contribution in [2.45, 2.75) is 69.0 Å². The third-order valence-corrected chi connectivity index (χ3v) is 14.0. The van der Waals surface area contributed by atoms with Crippen LogP contribution < -0.4 is 14.4 Å². The predicted octanol–water partition coefficient (Wildman–Crippen LogP) is 5.84. The SMILES string of the molecule is C[C@@H]1CN(c2nc(-n3ccc(OCCC4CC4C(F)(F)F)n3)ccc2C(=O)NS(=O)(=O)c2ccccc2)C(C)([Si](C)(C)C)C1. The largest absolute Gasteiger partial charge is 0.477 e. The third-order valence-electron chi connectivity index (χ3n) is 8.97. The van der Waals surface area contributed by atoms with Crippen molar-refractivity contribution in [1.29, 1.82) is 0 Å². The van der Waals surface area contributed by atoms with Crippen molar-refractivity contribution in [1.82, 2.24) is 19.5 Å². The fourth-order valence-electron chi connectivity index (χ4n) is 5.98. The monoisotopic (exact) mass is 649 g/mol. The van der Waals surface area contributed by atoms with Crippen LogP contribution in [-0.4, -0.2) is 61.7 Å². The number of amides is 1. The zero-order valence-electron chi connectivity index (χ0n) is 25.4. The molecule has 3 unspecified atom stereocenters. The molecule has 1 aliphatic carbocycles. The van der Waals surface area contributed by atoms with E-state index in [9.17, 15) is 26.4 Å². The molecule has 5 rings (SSSR count). The Morgan fingerprint density at radius 1 is 1.14 bits per heavy atom. The summed E-state index contributed by atoms with van der Waals surface area (Å²) in [5.74, 6) is -1.16. The van der Waals surface area contributed by atoms with Gasteiger partial charge in [-0.2, -0.15) is 13.2 Å². The summed E-state index contributed by atoms with van der Waals surface area (Å²) in [4.78, 5) is 20.6. The van der Waals surface area contributed by atoms with Crippen molar-refractivity contribution in [3.8, 4) is 11.7 Å². The fourth-order valence-corrected chi connectivity index (χ4v) is 8.93. The molecule has 0 radical (unpaired) electrons. The van der Waals surface area contributed by atoms with Crippen LogP contribution in [0.15, 0.2) is 59.6 Å². The van der Waals surface area contributed by atoms with Crippen molar-refractivity contribution >= 4 is 29.8 Å². The lowest BCUT2D eigenvalue weighted by molar-refractivity contribution is -0.151. The summed E-state index contributed by atoms with van der Waals surface area (Å²) >= 11 is 0. The minimum atomic E-state index is -4.16. The van der Waals surface area contributed by atoms with Crippen LogP contribution in [0.3, 0.4) is 0 Å². The average Bonchev–Trinajstić information content (AvgIpc) is 3.46. The van der Waals surface area contributed by atoms with Gasteiger partial charge in [0, 0.05) is 24.0 Å². The molecule has 1 N–H and O–H groups in total. The molecule has 238 valence electrons. The van der Waals surface area contributed by atoms with Gasteiger partial charge in [-0.1, -0.05) is 44.8 Å². The zero-order chi connectivity index (χ0) is 32.1. The van der Waals surface area contributed by atoms with Gasteiger partial charge in [0.05, 0.1) is 31.1 Å². The molecule has 1 saturated carbocycles. The van der Waals surface area contributed by atoms with Crippen LogP contribution >= 0.6 is 0 Å². The Kier molecular flexibility index (Phi) is 8.38. The summed E-state index contributed by atoms with van der Waals surface area (Å²) in [5, 5.41) is 4.13. The second-order valence-corrected chi connectivity index (χ2v) is 20.4. The van der Waals surface area contributed by atoms with E-state index in [2.05, 4.69) is 48.2 Å². The van der Waals surface area contributed by atoms with Crippen LogP contribution in [0.5, 0.6) is 5.88 Å². The Morgan fingerprint density at radius 2 is 1.84 bits per heavy atom. The summed E-state index contributed by atoms with van der Waals surface area (Å²) in [6.07, 6.45) is -1.22. The van der Waals surface area contributed by atoms with Gasteiger partial charge in [-0.25, -0.2) is 22.8 Å². The number of alkyl halides is 3. The third kappa shape index (κ3) is 6.51. The molecular weight excluding hydrogens is 612 g/mol. The number of benzene rings is 1. The van der Waals surface area contributed by atoms with Gasteiger partial charge >= 0.3 is 6.18 Å². The van der Waals surface area contributed by atoms with E-state index in [1.54, 1.807) is 42.6 Å². The maximum Gasteiger partial charge on any atom is 0.392 e. The molecule has 2 aromatic heterocycles. The molecule has 4 atom stereocenters. The zero-order valence-corrected chi connectivity index (χ0v) is 27.2. The van der Waals surface area contributed by atoms with Gasteiger partial charge in [-0.3, -0.25) is 4.79 Å². The minimum absolute atomic E-state index is 0.0269. The summed E-state index contributed by atoms with van der Waals surface area (Å²) < 4.78 is 73.9. The van der Waals surface area contributed by atoms with Crippen molar-refractivity contribution in [3.63, 3.8) is 0 Å². The van der Waals surface area contributed by atoms with Crippen molar-refractivity contribution in [2.75, 3.05) is 18.1 Å². The molecule has 2 fully saturated rings. The van der Waals surface area contributed by atoms with Crippen LogP contribution in [0.4, 0.5) is 19.0 Å². The maximum absolute atomic E-state index is 13.6. The molecule has 14 heteroatoms. The summed E-state index contributed by atoms with van der Waals surface area (Å²) in [7, 11) is -6.03. The van der Waals surface area contributed by atoms with Crippen LogP contribution in [0.1, 0.15) is 43.5 Å². The van der Waals surface area contributed by atoms with Crippen LogP contribution in [0.2, 0.25) is 19.6 Å². The number of nitrogens with one attached hydrogen (secondary N) is 1. The number of carbonyl (C=O) groups excluding carboxylic acids is 1. The van der Waals surface area contributed by atoms with E-state index in [0.29, 0.717) is 24.1 Å². The normalized spacial score (nSPS) is 23.9. The van der Waals surface area contributed by atoms with Gasteiger partial charge in [0.15, 0.2) is 5.82 Å². The highest BCUT2D eigenvalue weighted by Gasteiger charge is 2.55. The topological polar surface area (TPSA) is 106 Å². The first-order chi connectivity index (χ1) is 20.5. The van der Waals surface area contributed by atoms with Gasteiger partial charge in [-0.05, 0) is 62.3 Å². The number of hydrogen-bond acceptors (Lipinski definition) is 7. The standard InChI is InChI=1S/C30H38F3N5O4SSi/c1-20-18-29(2,44(3,4)5)37(19-20)27-23(28(39)36-43(40,41)22-9-7-6-8-10-22)11-12-25(34-27)38-15-13-26(35-38)42-16-14-21-17-24(21)30(31,32)33/h6-13,15,20-21,24H,14,16-19H2,1-5H3,(H,36,39)/t20-,21?,24?,29?/m0/s1. The summed E-state index contributed by atoms with van der Waals surface area (Å²) in [5.41, 5.74) is 0.124. The number of hydrogen-bond donors (Lipinski definition) is 1. The Bertz CT molecular complexity index is 1630. The smallest absolute Gasteiger partial charge is 0.392 e. The van der Waals surface area contributed by atoms with Gasteiger partial charge in [0.25, 0.3) is 15.9 Å². The molecule has 3 aromatic rings. The van der Waals surface area contributed by atoms with Crippen molar-refractivity contribution in [2.24, 2.45) is 17.8 Å². The number of carbonyl (C=O) groups is 1. The Labute approximate surface area is 256 Å². The first-order valence-electron chi connectivity index (χ1n) is 14.7. The van der Waals surface area contributed by atoms with Crippen LogP contribution in [0.25, 0.3) is 5.82 Å². The van der Waals surface area contributed by atoms with Crippen LogP contribution in [0, 0.1) is 17.8 Å². The van der Waals surface area contributed by atoms with Crippen molar-refractivity contribution < 1.29 is 31.1 Å². The first-order valence-corrected chi connectivity index (χ1v) is 19.6. The Hall–Kier alpha value is -3.39. The van der Waals surface area contributed by atoms with E-state index >= 15 is 0 Å². The second kappa shape index (κ2) is 11.5. The number of aromatic nitrogens is 3. The average molecular weight is 650 g/mol. The molecule has 0 spiro atoms. The number of ether oxygens (including phenoxy) is 1. The predicted molar refractivity (Wildman–Crippen MR) is 163 cm³/mol. The highest BCUT2D eigenvalue weighted by atomic mass is 32.2. The highest BCUT2D eigenvalue weighted by molar-refractivity contribution is 7.90. The van der Waals surface area contributed by atoms with E-state index in [1.165, 1.54) is 16.8 Å². The molecule has 44 heavy (non-hydrogen) atoms. The lowest BCUT2D eigenvalue weighted by Gasteiger charge is -2.45. The summed E-state index contributed by atoms with van der Waals surface area (Å²) in [6, 6.07) is 12.4. The summed E-state index contributed by atoms with van der Waals surface area (Å²) in [6.45, 7) is 11.9. The highest BCUT2D eigenvalue weighted by Crippen LogP contribution is 2.51. The molecule has 9 nitrogen and oxygen atoms in total. The second-order valence-electron chi connectivity index (χ2n) is 13.1. The Balaban J connectivity index is 1.43. The number of nitrogens with zero attached hydrogens (tertiary/aromatic N) is 4. The quantitative estimate of drug-likeness (QED) is 0.275. The Morgan fingerprint density at radius 3 is 2.48 bits per heavy atom. The minimum Gasteiger partial charge on any atom is -0.477 e. The van der Waals surface area contributed by atoms with E-state index < -0.39 is 42.0 Å². The van der Waals surface area contributed by atoms with E-state index in [0.717, 1.165) is 6.42 Å². The first kappa shape index (κ1) is 32.0. The van der Waals surface area contributed by atoms with E-state index in [4.69, 9.17) is 9.72 Å². The molecule has 1 aliphatic heterocycles. The van der Waals surface area contributed by atoms with Crippen molar-refractivity contribution in [3.05, 3.63) is 60.3 Å². The fraction of sp³-hybridized carbons (Fsp3) is 0.500. The van der Waals surface area contributed by atoms with E-state index in [1.807, 2.05) is 0 Å². The molecule has 3 heterocycles. The number of pyridine rings is 1. The molecule has 1 saturated heterocycles. The number of sulfonamides is 1. The number of anilines is 1. The molecule has 0 bridgehead atoms. The molecule has 2 aliphatic rings. The van der Waals surface area contributed by atoms with Gasteiger partial charge in [0.1, 0.15) is 5.82 Å².